The van der Waals surface area contributed by atoms with Crippen molar-refractivity contribution in [3.8, 4) is 11.5 Å². The summed E-state index contributed by atoms with van der Waals surface area (Å²) in [7, 11) is -0.915. The lowest BCUT2D eigenvalue weighted by molar-refractivity contribution is -0.129. The van der Waals surface area contributed by atoms with Crippen molar-refractivity contribution in [1.29, 1.82) is 0 Å². The summed E-state index contributed by atoms with van der Waals surface area (Å²) in [5.41, 5.74) is 0. The fourth-order valence-corrected chi connectivity index (χ4v) is 5.37. The number of hydrogen-bond donors (Lipinski definition) is 1. The topological polar surface area (TPSA) is 133 Å². The quantitative estimate of drug-likeness (QED) is 0.449. The maximum atomic E-state index is 13.1. The third-order valence-electron chi connectivity index (χ3n) is 4.74. The van der Waals surface area contributed by atoms with E-state index in [2.05, 4.69) is 10.2 Å². The summed E-state index contributed by atoms with van der Waals surface area (Å²) in [6.45, 7) is 2.67. The monoisotopic (exact) mass is 456 g/mol. The second-order valence-electron chi connectivity index (χ2n) is 6.49. The highest BCUT2D eigenvalue weighted by Crippen LogP contribution is 2.31. The minimum absolute atomic E-state index is 0.0392. The van der Waals surface area contributed by atoms with Crippen LogP contribution in [0.1, 0.15) is 5.82 Å². The van der Waals surface area contributed by atoms with Crippen LogP contribution in [0.5, 0.6) is 11.5 Å². The van der Waals surface area contributed by atoms with E-state index in [1.165, 1.54) is 41.0 Å². The molecule has 1 aliphatic heterocycles. The standard InChI is InChI=1S/C17H24N6O5S2/c1-12-19-20-17(23(12)18)29-11-16(24)21-6-8-22(9-7-21)30(25,26)15-10-13(27-2)4-5-14(15)28-3/h4-5,10H,6-9,11,18H2,1-3H3. The van der Waals surface area contributed by atoms with Crippen LogP contribution in [0.4, 0.5) is 0 Å². The molecular weight excluding hydrogens is 432 g/mol. The lowest BCUT2D eigenvalue weighted by atomic mass is 10.3. The van der Waals surface area contributed by atoms with Gasteiger partial charge in [-0.2, -0.15) is 4.31 Å². The normalized spacial score (nSPS) is 15.2. The third-order valence-corrected chi connectivity index (χ3v) is 7.59. The lowest BCUT2D eigenvalue weighted by Crippen LogP contribution is -2.51. The van der Waals surface area contributed by atoms with E-state index >= 15 is 0 Å². The summed E-state index contributed by atoms with van der Waals surface area (Å²) < 4.78 is 39.3. The number of aromatic nitrogens is 3. The van der Waals surface area contributed by atoms with Crippen molar-refractivity contribution >= 4 is 27.7 Å². The number of nitrogens with zero attached hydrogens (tertiary/aromatic N) is 5. The van der Waals surface area contributed by atoms with Crippen molar-refractivity contribution in [1.82, 2.24) is 24.1 Å². The number of nitrogens with two attached hydrogens (primary N) is 1. The van der Waals surface area contributed by atoms with Gasteiger partial charge in [0.1, 0.15) is 22.2 Å². The Balaban J connectivity index is 1.63. The van der Waals surface area contributed by atoms with E-state index in [0.29, 0.717) is 29.8 Å². The number of carbonyl (C=O) groups is 1. The van der Waals surface area contributed by atoms with Crippen LogP contribution in [0.25, 0.3) is 0 Å². The van der Waals surface area contributed by atoms with Crippen LogP contribution < -0.4 is 15.3 Å². The van der Waals surface area contributed by atoms with E-state index in [1.807, 2.05) is 0 Å². The first-order valence-electron chi connectivity index (χ1n) is 9.07. The summed E-state index contributed by atoms with van der Waals surface area (Å²) in [6, 6.07) is 4.63. The van der Waals surface area contributed by atoms with Gasteiger partial charge in [0.05, 0.1) is 20.0 Å². The van der Waals surface area contributed by atoms with Crippen LogP contribution >= 0.6 is 11.8 Å². The lowest BCUT2D eigenvalue weighted by Gasteiger charge is -2.34. The van der Waals surface area contributed by atoms with Crippen LogP contribution in [-0.2, 0) is 14.8 Å². The van der Waals surface area contributed by atoms with Crippen molar-refractivity contribution in [2.45, 2.75) is 17.0 Å². The van der Waals surface area contributed by atoms with Crippen molar-refractivity contribution in [3.63, 3.8) is 0 Å². The van der Waals surface area contributed by atoms with Gasteiger partial charge in [-0.05, 0) is 19.1 Å². The predicted octanol–water partition coefficient (Wildman–Crippen LogP) is -0.0573. The van der Waals surface area contributed by atoms with Gasteiger partial charge in [0.25, 0.3) is 0 Å². The Labute approximate surface area is 179 Å². The Bertz CT molecular complexity index is 1020. The fraction of sp³-hybridized carbons (Fsp3) is 0.471. The molecule has 0 bridgehead atoms. The molecule has 0 radical (unpaired) electrons. The Morgan fingerprint density at radius 1 is 1.17 bits per heavy atom. The van der Waals surface area contributed by atoms with Gasteiger partial charge in [-0.15, -0.1) is 10.2 Å². The summed E-state index contributed by atoms with van der Waals surface area (Å²) in [6.07, 6.45) is 0. The zero-order valence-corrected chi connectivity index (χ0v) is 18.6. The smallest absolute Gasteiger partial charge is 0.247 e. The van der Waals surface area contributed by atoms with E-state index in [9.17, 15) is 13.2 Å². The van der Waals surface area contributed by atoms with Crippen LogP contribution in [0.2, 0.25) is 0 Å². The number of thioether (sulfide) groups is 1. The molecule has 2 heterocycles. The molecule has 1 fully saturated rings. The van der Waals surface area contributed by atoms with E-state index in [4.69, 9.17) is 15.3 Å². The SMILES string of the molecule is COc1ccc(OC)c(S(=O)(=O)N2CCN(C(=O)CSc3nnc(C)n3N)CC2)c1. The molecule has 1 aliphatic rings. The largest absolute Gasteiger partial charge is 0.497 e. The highest BCUT2D eigenvalue weighted by Gasteiger charge is 2.32. The first kappa shape index (κ1) is 22.2. The number of amides is 1. The van der Waals surface area contributed by atoms with E-state index in [1.54, 1.807) is 24.0 Å². The average molecular weight is 457 g/mol. The number of hydrogen-bond acceptors (Lipinski definition) is 9. The number of methoxy groups -OCH3 is 2. The zero-order valence-electron chi connectivity index (χ0n) is 16.9. The first-order chi connectivity index (χ1) is 14.3. The van der Waals surface area contributed by atoms with Crippen molar-refractivity contribution in [3.05, 3.63) is 24.0 Å². The second-order valence-corrected chi connectivity index (χ2v) is 9.34. The molecule has 2 N–H and O–H groups in total. The van der Waals surface area contributed by atoms with Crippen molar-refractivity contribution in [2.24, 2.45) is 0 Å². The number of aryl methyl sites for hydroxylation is 1. The summed E-state index contributed by atoms with van der Waals surface area (Å²) in [5.74, 6) is 7.03. The molecule has 2 aromatic rings. The number of benzene rings is 1. The molecule has 0 unspecified atom stereocenters. The average Bonchev–Trinajstić information content (AvgIpc) is 3.09. The molecule has 0 atom stereocenters. The number of nitrogen functional groups attached to an aromatic ring is 1. The maximum Gasteiger partial charge on any atom is 0.247 e. The Morgan fingerprint density at radius 3 is 2.43 bits per heavy atom. The minimum Gasteiger partial charge on any atom is -0.497 e. The Hall–Kier alpha value is -2.51. The van der Waals surface area contributed by atoms with Gasteiger partial charge >= 0.3 is 0 Å². The first-order valence-corrected chi connectivity index (χ1v) is 11.5. The van der Waals surface area contributed by atoms with Crippen LogP contribution in [0.3, 0.4) is 0 Å². The summed E-state index contributed by atoms with van der Waals surface area (Å²) >= 11 is 1.19. The zero-order chi connectivity index (χ0) is 21.9. The van der Waals surface area contributed by atoms with Gasteiger partial charge in [-0.1, -0.05) is 11.8 Å². The number of piperazine rings is 1. The molecule has 30 heavy (non-hydrogen) atoms. The highest BCUT2D eigenvalue weighted by molar-refractivity contribution is 7.99. The Morgan fingerprint density at radius 2 is 1.87 bits per heavy atom. The van der Waals surface area contributed by atoms with Gasteiger partial charge in [-0.25, -0.2) is 13.1 Å². The van der Waals surface area contributed by atoms with Gasteiger partial charge in [0, 0.05) is 32.2 Å². The van der Waals surface area contributed by atoms with Crippen LogP contribution in [0.15, 0.2) is 28.3 Å². The van der Waals surface area contributed by atoms with Crippen LogP contribution in [-0.4, -0.2) is 84.6 Å². The molecule has 0 aliphatic carbocycles. The van der Waals surface area contributed by atoms with Gasteiger partial charge < -0.3 is 20.2 Å². The summed E-state index contributed by atoms with van der Waals surface area (Å²) in [4.78, 5) is 14.2. The molecule has 0 spiro atoms. The number of carbonyl (C=O) groups excluding carboxylic acids is 1. The molecule has 1 aromatic heterocycles. The molecule has 11 nitrogen and oxygen atoms in total. The van der Waals surface area contributed by atoms with E-state index < -0.39 is 10.0 Å². The Kier molecular flexibility index (Phi) is 6.73. The van der Waals surface area contributed by atoms with Crippen LogP contribution in [0, 0.1) is 6.92 Å². The minimum atomic E-state index is -3.80. The summed E-state index contributed by atoms with van der Waals surface area (Å²) in [5, 5.41) is 8.21. The predicted molar refractivity (Wildman–Crippen MR) is 111 cm³/mol. The second kappa shape index (κ2) is 9.10. The number of sulfonamides is 1. The molecule has 0 saturated carbocycles. The number of ether oxygens (including phenoxy) is 2. The molecular formula is C17H24N6O5S2. The van der Waals surface area contributed by atoms with E-state index in [0.717, 1.165) is 0 Å². The molecule has 164 valence electrons. The molecule has 1 saturated heterocycles. The van der Waals surface area contributed by atoms with Gasteiger partial charge in [0.15, 0.2) is 0 Å². The van der Waals surface area contributed by atoms with Gasteiger partial charge in [0.2, 0.25) is 21.1 Å². The van der Waals surface area contributed by atoms with Crippen molar-refractivity contribution in [2.75, 3.05) is 52.0 Å². The molecule has 13 heteroatoms. The van der Waals surface area contributed by atoms with E-state index in [-0.39, 0.29) is 35.4 Å². The molecule has 1 aromatic carbocycles. The number of rotatable bonds is 7. The molecule has 3 rings (SSSR count). The van der Waals surface area contributed by atoms with Crippen molar-refractivity contribution < 1.29 is 22.7 Å². The van der Waals surface area contributed by atoms with Gasteiger partial charge in [-0.3, -0.25) is 4.79 Å². The highest BCUT2D eigenvalue weighted by atomic mass is 32.2. The molecule has 1 amide bonds. The fourth-order valence-electron chi connectivity index (χ4n) is 2.97. The third kappa shape index (κ3) is 4.47. The maximum absolute atomic E-state index is 13.1.